The van der Waals surface area contributed by atoms with Gasteiger partial charge in [-0.15, -0.1) is 10.2 Å². The van der Waals surface area contributed by atoms with E-state index in [9.17, 15) is 14.0 Å². The molecule has 11 heteroatoms. The SMILES string of the molecule is CC(Oc1ccccc1F)C(=O)NNC(=O)CSc1nncn1-c1cccc(Cl)c1. The molecule has 3 aromatic rings. The van der Waals surface area contributed by atoms with E-state index in [1.165, 1.54) is 31.5 Å². The summed E-state index contributed by atoms with van der Waals surface area (Å²) in [6, 6.07) is 12.8. The molecular formula is C19H17ClFN5O3S. The van der Waals surface area contributed by atoms with Crippen molar-refractivity contribution >= 4 is 35.2 Å². The number of nitrogens with one attached hydrogen (secondary N) is 2. The molecule has 0 radical (unpaired) electrons. The maximum atomic E-state index is 13.6. The number of hydrogen-bond donors (Lipinski definition) is 2. The average molecular weight is 450 g/mol. The van der Waals surface area contributed by atoms with Gasteiger partial charge >= 0.3 is 0 Å². The topological polar surface area (TPSA) is 98.1 Å². The minimum absolute atomic E-state index is 0.0257. The fourth-order valence-electron chi connectivity index (χ4n) is 2.31. The van der Waals surface area contributed by atoms with Crippen LogP contribution in [0.25, 0.3) is 5.69 Å². The van der Waals surface area contributed by atoms with Crippen LogP contribution in [-0.4, -0.2) is 38.4 Å². The van der Waals surface area contributed by atoms with Crippen molar-refractivity contribution in [3.63, 3.8) is 0 Å². The highest BCUT2D eigenvalue weighted by Gasteiger charge is 2.17. The monoisotopic (exact) mass is 449 g/mol. The molecule has 0 aliphatic carbocycles. The van der Waals surface area contributed by atoms with E-state index in [-0.39, 0.29) is 11.5 Å². The first-order valence-electron chi connectivity index (χ1n) is 8.72. The lowest BCUT2D eigenvalue weighted by Crippen LogP contribution is -2.47. The minimum atomic E-state index is -1.01. The highest BCUT2D eigenvalue weighted by Crippen LogP contribution is 2.21. The highest BCUT2D eigenvalue weighted by atomic mass is 35.5. The summed E-state index contributed by atoms with van der Waals surface area (Å²) >= 11 is 7.13. The van der Waals surface area contributed by atoms with Crippen LogP contribution < -0.4 is 15.6 Å². The predicted octanol–water partition coefficient (Wildman–Crippen LogP) is 2.77. The zero-order valence-corrected chi connectivity index (χ0v) is 17.3. The lowest BCUT2D eigenvalue weighted by molar-refractivity contribution is -0.132. The number of hydrogen-bond acceptors (Lipinski definition) is 6. The van der Waals surface area contributed by atoms with Crippen LogP contribution in [0.4, 0.5) is 4.39 Å². The van der Waals surface area contributed by atoms with Gasteiger partial charge in [0.1, 0.15) is 6.33 Å². The zero-order valence-electron chi connectivity index (χ0n) is 15.7. The first-order chi connectivity index (χ1) is 14.4. The smallest absolute Gasteiger partial charge is 0.279 e. The second kappa shape index (κ2) is 10.1. The van der Waals surface area contributed by atoms with Crippen molar-refractivity contribution in [3.8, 4) is 11.4 Å². The summed E-state index contributed by atoms with van der Waals surface area (Å²) in [4.78, 5) is 24.1. The van der Waals surface area contributed by atoms with Gasteiger partial charge in [0.2, 0.25) is 5.91 Å². The number of ether oxygens (including phenoxy) is 1. The molecule has 1 atom stereocenters. The number of halogens is 2. The largest absolute Gasteiger partial charge is 0.478 e. The summed E-state index contributed by atoms with van der Waals surface area (Å²) in [6.07, 6.45) is 0.496. The maximum Gasteiger partial charge on any atom is 0.279 e. The van der Waals surface area contributed by atoms with Crippen LogP contribution in [0.3, 0.4) is 0 Å². The van der Waals surface area contributed by atoms with Gasteiger partial charge in [0.25, 0.3) is 5.91 Å². The summed E-state index contributed by atoms with van der Waals surface area (Å²) in [5.74, 6) is -1.75. The highest BCUT2D eigenvalue weighted by molar-refractivity contribution is 7.99. The number of benzene rings is 2. The molecule has 0 saturated heterocycles. The molecule has 0 aliphatic rings. The van der Waals surface area contributed by atoms with Gasteiger partial charge in [0, 0.05) is 5.02 Å². The Balaban J connectivity index is 1.48. The molecule has 1 heterocycles. The van der Waals surface area contributed by atoms with Crippen molar-refractivity contribution in [2.24, 2.45) is 0 Å². The van der Waals surface area contributed by atoms with Gasteiger partial charge in [-0.1, -0.05) is 41.6 Å². The first kappa shape index (κ1) is 21.6. The fourth-order valence-corrected chi connectivity index (χ4v) is 3.22. The van der Waals surface area contributed by atoms with E-state index in [4.69, 9.17) is 16.3 Å². The Hall–Kier alpha value is -3.11. The summed E-state index contributed by atoms with van der Waals surface area (Å²) in [5, 5.41) is 8.87. The number of amides is 2. The average Bonchev–Trinajstić information content (AvgIpc) is 3.20. The van der Waals surface area contributed by atoms with Gasteiger partial charge in [-0.3, -0.25) is 25.0 Å². The maximum absolute atomic E-state index is 13.6. The third-order valence-corrected chi connectivity index (χ3v) is 4.95. The first-order valence-corrected chi connectivity index (χ1v) is 10.1. The van der Waals surface area contributed by atoms with Crippen LogP contribution in [0, 0.1) is 5.82 Å². The normalized spacial score (nSPS) is 11.6. The summed E-state index contributed by atoms with van der Waals surface area (Å²) in [5.41, 5.74) is 5.28. The lowest BCUT2D eigenvalue weighted by atomic mass is 10.3. The van der Waals surface area contributed by atoms with Crippen molar-refractivity contribution < 1.29 is 18.7 Å². The number of carbonyl (C=O) groups is 2. The van der Waals surface area contributed by atoms with Crippen LogP contribution in [0.15, 0.2) is 60.0 Å². The predicted molar refractivity (Wildman–Crippen MR) is 110 cm³/mol. The molecule has 1 unspecified atom stereocenters. The zero-order chi connectivity index (χ0) is 21.5. The minimum Gasteiger partial charge on any atom is -0.478 e. The van der Waals surface area contributed by atoms with Crippen LogP contribution in [0.1, 0.15) is 6.92 Å². The number of thioether (sulfide) groups is 1. The van der Waals surface area contributed by atoms with Crippen molar-refractivity contribution in [2.75, 3.05) is 5.75 Å². The third-order valence-electron chi connectivity index (χ3n) is 3.77. The molecule has 156 valence electrons. The molecule has 1 aromatic heterocycles. The van der Waals surface area contributed by atoms with Crippen molar-refractivity contribution in [3.05, 3.63) is 65.7 Å². The van der Waals surface area contributed by atoms with Gasteiger partial charge < -0.3 is 4.74 Å². The molecule has 0 spiro atoms. The standard InChI is InChI=1S/C19H17ClFN5O3S/c1-12(29-16-8-3-2-7-15(16)21)18(28)24-23-17(27)10-30-19-25-22-11-26(19)14-6-4-5-13(20)9-14/h2-9,11-12H,10H2,1H3,(H,23,27)(H,24,28). The fraction of sp³-hybridized carbons (Fsp3) is 0.158. The molecule has 0 bridgehead atoms. The number of para-hydroxylation sites is 1. The molecule has 0 aliphatic heterocycles. The Morgan fingerprint density at radius 1 is 1.23 bits per heavy atom. The number of aromatic nitrogens is 3. The number of carbonyl (C=O) groups excluding carboxylic acids is 2. The van der Waals surface area contributed by atoms with E-state index in [0.29, 0.717) is 10.2 Å². The molecule has 0 fully saturated rings. The van der Waals surface area contributed by atoms with Gasteiger partial charge in [-0.2, -0.15) is 0 Å². The van der Waals surface area contributed by atoms with E-state index >= 15 is 0 Å². The lowest BCUT2D eigenvalue weighted by Gasteiger charge is -2.15. The molecule has 0 saturated carbocycles. The molecule has 2 amide bonds. The summed E-state index contributed by atoms with van der Waals surface area (Å²) in [6.45, 7) is 1.44. The Morgan fingerprint density at radius 3 is 2.80 bits per heavy atom. The summed E-state index contributed by atoms with van der Waals surface area (Å²) < 4.78 is 20.5. The van der Waals surface area contributed by atoms with E-state index in [1.807, 2.05) is 6.07 Å². The molecule has 2 N–H and O–H groups in total. The number of nitrogens with zero attached hydrogens (tertiary/aromatic N) is 3. The Morgan fingerprint density at radius 2 is 2.03 bits per heavy atom. The Bertz CT molecular complexity index is 1050. The third kappa shape index (κ3) is 5.71. The number of rotatable bonds is 7. The van der Waals surface area contributed by atoms with E-state index in [2.05, 4.69) is 21.0 Å². The van der Waals surface area contributed by atoms with Crippen molar-refractivity contribution in [2.45, 2.75) is 18.2 Å². The molecule has 30 heavy (non-hydrogen) atoms. The molecule has 2 aromatic carbocycles. The Kier molecular flexibility index (Phi) is 7.26. The van der Waals surface area contributed by atoms with Gasteiger partial charge in [-0.05, 0) is 37.3 Å². The molecule has 3 rings (SSSR count). The van der Waals surface area contributed by atoms with E-state index in [0.717, 1.165) is 17.4 Å². The van der Waals surface area contributed by atoms with Crippen molar-refractivity contribution in [1.82, 2.24) is 25.6 Å². The molecule has 8 nitrogen and oxygen atoms in total. The Labute approximate surface area is 180 Å². The van der Waals surface area contributed by atoms with Crippen LogP contribution in [-0.2, 0) is 9.59 Å². The summed E-state index contributed by atoms with van der Waals surface area (Å²) in [7, 11) is 0. The quantitative estimate of drug-likeness (QED) is 0.425. The number of hydrazine groups is 1. The second-order valence-electron chi connectivity index (χ2n) is 5.98. The van der Waals surface area contributed by atoms with Crippen LogP contribution in [0.2, 0.25) is 5.02 Å². The van der Waals surface area contributed by atoms with E-state index < -0.39 is 23.7 Å². The van der Waals surface area contributed by atoms with Crippen LogP contribution in [0.5, 0.6) is 5.75 Å². The van der Waals surface area contributed by atoms with E-state index in [1.54, 1.807) is 28.8 Å². The van der Waals surface area contributed by atoms with Gasteiger partial charge in [0.05, 0.1) is 11.4 Å². The van der Waals surface area contributed by atoms with Crippen molar-refractivity contribution in [1.29, 1.82) is 0 Å². The van der Waals surface area contributed by atoms with Gasteiger partial charge in [0.15, 0.2) is 22.8 Å². The molecular weight excluding hydrogens is 433 g/mol. The second-order valence-corrected chi connectivity index (χ2v) is 7.36. The van der Waals surface area contributed by atoms with Crippen LogP contribution >= 0.6 is 23.4 Å². The van der Waals surface area contributed by atoms with Gasteiger partial charge in [-0.25, -0.2) is 4.39 Å².